The number of carbonyl (C=O) groups is 1. The van der Waals surface area contributed by atoms with Gasteiger partial charge in [-0.3, -0.25) is 9.35 Å². The first kappa shape index (κ1) is 12.4. The molecule has 0 aliphatic heterocycles. The Balaban J connectivity index is 2.81. The highest BCUT2D eigenvalue weighted by Crippen LogP contribution is 2.32. The number of carbonyl (C=O) groups excluding carboxylic acids is 1. The average Bonchev–Trinajstić information content (AvgIpc) is 2.35. The SMILES string of the molecule is [N-]=[N+]=C1C(C=O)=CC(S(=O)(=O)O)c2ccccc21. The Labute approximate surface area is 103 Å². The molecular formula is C11H8N2O4S. The van der Waals surface area contributed by atoms with Crippen LogP contribution in [-0.4, -0.2) is 29.8 Å². The van der Waals surface area contributed by atoms with E-state index in [4.69, 9.17) is 5.53 Å². The van der Waals surface area contributed by atoms with Gasteiger partial charge in [0.25, 0.3) is 10.1 Å². The van der Waals surface area contributed by atoms with Gasteiger partial charge in [0.05, 0.1) is 5.56 Å². The van der Waals surface area contributed by atoms with Crippen LogP contribution in [0.1, 0.15) is 16.4 Å². The van der Waals surface area contributed by atoms with Gasteiger partial charge < -0.3 is 5.53 Å². The highest BCUT2D eigenvalue weighted by atomic mass is 32.2. The molecule has 92 valence electrons. The number of hydrogen-bond acceptors (Lipinski definition) is 3. The van der Waals surface area contributed by atoms with Crippen LogP contribution < -0.4 is 0 Å². The fraction of sp³-hybridized carbons (Fsp3) is 0.0909. The number of aldehydes is 1. The fourth-order valence-electron chi connectivity index (χ4n) is 1.90. The standard InChI is InChI=1S/C11H8N2O4S/c12-13-11-7(6-14)5-10(18(15,16)17)8-3-1-2-4-9(8)11/h1-6,10H,(H,15,16,17). The summed E-state index contributed by atoms with van der Waals surface area (Å²) in [7, 11) is -4.39. The van der Waals surface area contributed by atoms with E-state index >= 15 is 0 Å². The van der Waals surface area contributed by atoms with Gasteiger partial charge in [-0.1, -0.05) is 18.2 Å². The Morgan fingerprint density at radius 3 is 2.56 bits per heavy atom. The van der Waals surface area contributed by atoms with Gasteiger partial charge in [-0.25, -0.2) is 0 Å². The molecule has 0 radical (unpaired) electrons. The van der Waals surface area contributed by atoms with Crippen LogP contribution >= 0.6 is 0 Å². The van der Waals surface area contributed by atoms with Crippen molar-refractivity contribution in [3.63, 3.8) is 0 Å². The molecular weight excluding hydrogens is 256 g/mol. The lowest BCUT2D eigenvalue weighted by Gasteiger charge is -2.17. The summed E-state index contributed by atoms with van der Waals surface area (Å²) in [4.78, 5) is 13.9. The normalized spacial score (nSPS) is 18.6. The highest BCUT2D eigenvalue weighted by molar-refractivity contribution is 7.86. The highest BCUT2D eigenvalue weighted by Gasteiger charge is 2.36. The summed E-state index contributed by atoms with van der Waals surface area (Å²) in [5.74, 6) is 0. The molecule has 0 aromatic heterocycles. The number of allylic oxidation sites excluding steroid dienone is 1. The van der Waals surface area contributed by atoms with Crippen molar-refractivity contribution in [1.82, 2.24) is 0 Å². The topological polar surface area (TPSA) is 108 Å². The predicted molar refractivity (Wildman–Crippen MR) is 62.6 cm³/mol. The Bertz CT molecular complexity index is 700. The van der Waals surface area contributed by atoms with Crippen LogP contribution in [0.4, 0.5) is 0 Å². The minimum absolute atomic E-state index is 0.0134. The molecule has 0 saturated carbocycles. The second-order valence-corrected chi connectivity index (χ2v) is 5.25. The molecule has 0 fully saturated rings. The fourth-order valence-corrected chi connectivity index (χ4v) is 2.75. The Hall–Kier alpha value is -2.08. The summed E-state index contributed by atoms with van der Waals surface area (Å²) in [5, 5.41) is -1.33. The third-order valence-electron chi connectivity index (χ3n) is 2.67. The molecule has 0 bridgehead atoms. The molecule has 1 aromatic rings. The van der Waals surface area contributed by atoms with E-state index in [2.05, 4.69) is 4.79 Å². The van der Waals surface area contributed by atoms with E-state index in [1.54, 1.807) is 12.1 Å². The molecule has 7 heteroatoms. The van der Waals surface area contributed by atoms with Crippen molar-refractivity contribution in [2.45, 2.75) is 5.25 Å². The third kappa shape index (κ3) is 1.91. The zero-order valence-corrected chi connectivity index (χ0v) is 9.83. The van der Waals surface area contributed by atoms with Crippen molar-refractivity contribution in [2.24, 2.45) is 0 Å². The number of hydrogen-bond donors (Lipinski definition) is 1. The Morgan fingerprint density at radius 1 is 1.33 bits per heavy atom. The van der Waals surface area contributed by atoms with E-state index in [-0.39, 0.29) is 16.8 Å². The van der Waals surface area contributed by atoms with Gasteiger partial charge in [-0.2, -0.15) is 13.2 Å². The molecule has 1 atom stereocenters. The first-order valence-corrected chi connectivity index (χ1v) is 6.44. The monoisotopic (exact) mass is 264 g/mol. The zero-order valence-electron chi connectivity index (χ0n) is 9.02. The van der Waals surface area contributed by atoms with E-state index in [1.165, 1.54) is 12.1 Å². The van der Waals surface area contributed by atoms with Crippen molar-refractivity contribution >= 4 is 22.1 Å². The first-order valence-electron chi connectivity index (χ1n) is 4.94. The van der Waals surface area contributed by atoms with Gasteiger partial charge in [0, 0.05) is 0 Å². The summed E-state index contributed by atoms with van der Waals surface area (Å²) >= 11 is 0. The maximum Gasteiger partial charge on any atom is 0.333 e. The molecule has 1 N–H and O–H groups in total. The third-order valence-corrected chi connectivity index (χ3v) is 3.71. The maximum atomic E-state index is 11.3. The van der Waals surface area contributed by atoms with E-state index < -0.39 is 15.4 Å². The molecule has 0 amide bonds. The van der Waals surface area contributed by atoms with Gasteiger partial charge in [-0.05, 0) is 17.7 Å². The Kier molecular flexibility index (Phi) is 2.96. The van der Waals surface area contributed by atoms with E-state index in [9.17, 15) is 17.8 Å². The molecule has 1 unspecified atom stereocenters. The molecule has 1 aliphatic rings. The minimum atomic E-state index is -4.39. The quantitative estimate of drug-likeness (QED) is 0.368. The number of nitrogens with zero attached hydrogens (tertiary/aromatic N) is 2. The van der Waals surface area contributed by atoms with Gasteiger partial charge in [0.2, 0.25) is 0 Å². The van der Waals surface area contributed by atoms with Crippen LogP contribution in [0.3, 0.4) is 0 Å². The molecule has 0 saturated heterocycles. The lowest BCUT2D eigenvalue weighted by molar-refractivity contribution is -0.104. The molecule has 6 nitrogen and oxygen atoms in total. The smallest absolute Gasteiger partial charge is 0.333 e. The summed E-state index contributed by atoms with van der Waals surface area (Å²) in [6.07, 6.45) is 1.43. The zero-order chi connectivity index (χ0) is 13.3. The van der Waals surface area contributed by atoms with Crippen LogP contribution in [0.2, 0.25) is 0 Å². The maximum absolute atomic E-state index is 11.3. The van der Waals surface area contributed by atoms with Crippen LogP contribution in [0.25, 0.3) is 5.53 Å². The van der Waals surface area contributed by atoms with Gasteiger partial charge in [0.15, 0.2) is 6.29 Å². The van der Waals surface area contributed by atoms with Crippen molar-refractivity contribution < 1.29 is 22.6 Å². The summed E-state index contributed by atoms with van der Waals surface area (Å²) in [6, 6.07) is 6.20. The Morgan fingerprint density at radius 2 is 2.00 bits per heavy atom. The summed E-state index contributed by atoms with van der Waals surface area (Å²) in [5.41, 5.74) is 9.37. The summed E-state index contributed by atoms with van der Waals surface area (Å²) < 4.78 is 31.8. The van der Waals surface area contributed by atoms with Gasteiger partial charge >= 0.3 is 5.71 Å². The lowest BCUT2D eigenvalue weighted by atomic mass is 9.90. The second-order valence-electron chi connectivity index (χ2n) is 3.71. The predicted octanol–water partition coefficient (Wildman–Crippen LogP) is 0.773. The largest absolute Gasteiger partial charge is 0.361 e. The van der Waals surface area contributed by atoms with Gasteiger partial charge in [-0.15, -0.1) is 0 Å². The molecule has 0 spiro atoms. The van der Waals surface area contributed by atoms with Crippen molar-refractivity contribution in [1.29, 1.82) is 0 Å². The molecule has 18 heavy (non-hydrogen) atoms. The molecule has 2 rings (SSSR count). The van der Waals surface area contributed by atoms with Crippen molar-refractivity contribution in [3.8, 4) is 0 Å². The average molecular weight is 264 g/mol. The second kappa shape index (κ2) is 4.30. The van der Waals surface area contributed by atoms with Gasteiger partial charge in [0.1, 0.15) is 10.8 Å². The van der Waals surface area contributed by atoms with Crippen LogP contribution in [-0.2, 0) is 14.9 Å². The van der Waals surface area contributed by atoms with E-state index in [1.807, 2.05) is 0 Å². The number of rotatable bonds is 2. The van der Waals surface area contributed by atoms with E-state index in [0.717, 1.165) is 6.08 Å². The van der Waals surface area contributed by atoms with E-state index in [0.29, 0.717) is 11.8 Å². The minimum Gasteiger partial charge on any atom is -0.361 e. The van der Waals surface area contributed by atoms with Crippen molar-refractivity contribution in [2.75, 3.05) is 0 Å². The lowest BCUT2D eigenvalue weighted by Crippen LogP contribution is -2.22. The van der Waals surface area contributed by atoms with Crippen LogP contribution in [0.5, 0.6) is 0 Å². The van der Waals surface area contributed by atoms with Crippen LogP contribution in [0.15, 0.2) is 35.9 Å². The molecule has 1 aliphatic carbocycles. The number of benzene rings is 1. The summed E-state index contributed by atoms with van der Waals surface area (Å²) in [6.45, 7) is 0. The van der Waals surface area contributed by atoms with Crippen molar-refractivity contribution in [3.05, 3.63) is 52.6 Å². The first-order chi connectivity index (χ1) is 8.49. The number of fused-ring (bicyclic) bond motifs is 1. The van der Waals surface area contributed by atoms with Crippen LogP contribution in [0, 0.1) is 0 Å². The molecule has 0 heterocycles. The molecule has 1 aromatic carbocycles.